The number of β-amino-alcohol motifs (C(OH)–C–C–N with tert-alkyl or cyclic N) is 1. The van der Waals surface area contributed by atoms with Crippen LogP contribution in [0.5, 0.6) is 0 Å². The lowest BCUT2D eigenvalue weighted by atomic mass is 9.96. The minimum atomic E-state index is -0.0229. The van der Waals surface area contributed by atoms with E-state index in [4.69, 9.17) is 9.47 Å². The van der Waals surface area contributed by atoms with Crippen molar-refractivity contribution in [2.75, 3.05) is 26.3 Å². The van der Waals surface area contributed by atoms with Gasteiger partial charge in [-0.15, -0.1) is 0 Å². The van der Waals surface area contributed by atoms with E-state index < -0.39 is 0 Å². The standard InChI is InChI=1S/C46H89NO4/c1-5-8-11-14-17-18-19-22-30-39-50-46(49)36-29-28-33-44-40-43(41-47(44)37-38-48)32-25-23-24-31-42(4)51-45(34-26-20-15-12-9-6-2)35-27-21-16-13-10-7-3/h43-45,48H,4-41H2,1-3H3. The van der Waals surface area contributed by atoms with Gasteiger partial charge in [-0.25, -0.2) is 0 Å². The van der Waals surface area contributed by atoms with E-state index in [-0.39, 0.29) is 12.6 Å². The third-order valence-electron chi connectivity index (χ3n) is 11.3. The van der Waals surface area contributed by atoms with Crippen LogP contribution in [0.1, 0.15) is 233 Å². The molecule has 51 heavy (non-hydrogen) atoms. The second-order valence-electron chi connectivity index (χ2n) is 16.3. The van der Waals surface area contributed by atoms with Gasteiger partial charge in [0.05, 0.1) is 25.1 Å². The SMILES string of the molecule is C=C(CCCCCC1CC(CCCCC(=O)OCCCCCCCCCCC)N(CCO)C1)OC(CCCCCCCC)CCCCCCCC. The van der Waals surface area contributed by atoms with Crippen LogP contribution in [0.4, 0.5) is 0 Å². The maximum Gasteiger partial charge on any atom is 0.305 e. The first-order valence-electron chi connectivity index (χ1n) is 22.9. The number of rotatable bonds is 39. The van der Waals surface area contributed by atoms with Gasteiger partial charge in [-0.05, 0) is 70.1 Å². The lowest BCUT2D eigenvalue weighted by Gasteiger charge is -2.23. The fourth-order valence-corrected chi connectivity index (χ4v) is 8.11. The normalized spacial score (nSPS) is 16.3. The summed E-state index contributed by atoms with van der Waals surface area (Å²) in [5, 5.41) is 9.69. The van der Waals surface area contributed by atoms with E-state index in [9.17, 15) is 9.90 Å². The molecule has 1 N–H and O–H groups in total. The average Bonchev–Trinajstić information content (AvgIpc) is 3.51. The Morgan fingerprint density at radius 2 is 1.14 bits per heavy atom. The van der Waals surface area contributed by atoms with Crippen molar-refractivity contribution in [2.24, 2.45) is 5.92 Å². The summed E-state index contributed by atoms with van der Waals surface area (Å²) in [6.07, 6.45) is 41.2. The predicted molar refractivity (Wildman–Crippen MR) is 220 cm³/mol. The summed E-state index contributed by atoms with van der Waals surface area (Å²) in [4.78, 5) is 14.8. The van der Waals surface area contributed by atoms with E-state index >= 15 is 0 Å². The van der Waals surface area contributed by atoms with Gasteiger partial charge in [0, 0.05) is 32.0 Å². The molecule has 0 amide bonds. The fraction of sp³-hybridized carbons (Fsp3) is 0.935. The first-order chi connectivity index (χ1) is 25.0. The summed E-state index contributed by atoms with van der Waals surface area (Å²) in [5.74, 6) is 1.71. The van der Waals surface area contributed by atoms with Gasteiger partial charge >= 0.3 is 5.97 Å². The molecule has 0 spiro atoms. The van der Waals surface area contributed by atoms with Gasteiger partial charge < -0.3 is 14.6 Å². The summed E-state index contributed by atoms with van der Waals surface area (Å²) in [6, 6.07) is 0.545. The van der Waals surface area contributed by atoms with Crippen LogP contribution in [-0.2, 0) is 14.3 Å². The first-order valence-corrected chi connectivity index (χ1v) is 22.9. The highest BCUT2D eigenvalue weighted by molar-refractivity contribution is 5.69. The van der Waals surface area contributed by atoms with Gasteiger partial charge in [-0.3, -0.25) is 9.69 Å². The third-order valence-corrected chi connectivity index (χ3v) is 11.3. The molecule has 0 aromatic heterocycles. The lowest BCUT2D eigenvalue weighted by Crippen LogP contribution is -2.32. The smallest absolute Gasteiger partial charge is 0.305 e. The number of esters is 1. The maximum atomic E-state index is 12.2. The van der Waals surface area contributed by atoms with Crippen LogP contribution in [0.3, 0.4) is 0 Å². The Hall–Kier alpha value is -1.07. The zero-order valence-corrected chi connectivity index (χ0v) is 34.7. The van der Waals surface area contributed by atoms with Crippen molar-refractivity contribution < 1.29 is 19.4 Å². The number of unbranched alkanes of at least 4 members (excludes halogenated alkanes) is 21. The molecule has 0 aromatic rings. The Bertz CT molecular complexity index is 756. The van der Waals surface area contributed by atoms with Crippen LogP contribution in [0, 0.1) is 5.92 Å². The highest BCUT2D eigenvalue weighted by Gasteiger charge is 2.30. The van der Waals surface area contributed by atoms with E-state index in [1.54, 1.807) is 0 Å². The Morgan fingerprint density at radius 3 is 1.71 bits per heavy atom. The van der Waals surface area contributed by atoms with E-state index in [0.29, 0.717) is 25.2 Å². The van der Waals surface area contributed by atoms with Gasteiger partial charge in [0.1, 0.15) is 0 Å². The minimum Gasteiger partial charge on any atom is -0.495 e. The molecule has 1 saturated heterocycles. The molecule has 1 rings (SSSR count). The van der Waals surface area contributed by atoms with E-state index in [2.05, 4.69) is 32.3 Å². The van der Waals surface area contributed by atoms with Gasteiger partial charge in [-0.1, -0.05) is 162 Å². The van der Waals surface area contributed by atoms with Gasteiger partial charge in [0.15, 0.2) is 0 Å². The Balaban J connectivity index is 2.21. The Morgan fingerprint density at radius 1 is 0.647 bits per heavy atom. The van der Waals surface area contributed by atoms with Crippen LogP contribution < -0.4 is 0 Å². The number of hydrogen-bond acceptors (Lipinski definition) is 5. The minimum absolute atomic E-state index is 0.0229. The van der Waals surface area contributed by atoms with Crippen LogP contribution in [0.2, 0.25) is 0 Å². The fourth-order valence-electron chi connectivity index (χ4n) is 8.11. The van der Waals surface area contributed by atoms with Crippen molar-refractivity contribution in [2.45, 2.75) is 245 Å². The summed E-state index contributed by atoms with van der Waals surface area (Å²) in [7, 11) is 0. The number of carbonyl (C=O) groups is 1. The van der Waals surface area contributed by atoms with E-state index in [1.165, 1.54) is 173 Å². The molecule has 2 unspecified atom stereocenters. The Kier molecular flexibility index (Phi) is 33.8. The molecular weight excluding hydrogens is 631 g/mol. The second-order valence-corrected chi connectivity index (χ2v) is 16.3. The second kappa shape index (κ2) is 35.9. The molecule has 0 saturated carbocycles. The average molecular weight is 720 g/mol. The van der Waals surface area contributed by atoms with E-state index in [0.717, 1.165) is 56.9 Å². The summed E-state index contributed by atoms with van der Waals surface area (Å²) in [6.45, 7) is 13.9. The third kappa shape index (κ3) is 29.0. The van der Waals surface area contributed by atoms with Crippen molar-refractivity contribution in [1.82, 2.24) is 4.90 Å². The summed E-state index contributed by atoms with van der Waals surface area (Å²) >= 11 is 0. The Labute approximate surface area is 318 Å². The van der Waals surface area contributed by atoms with Gasteiger partial charge in [0.2, 0.25) is 0 Å². The number of hydrogen-bond donors (Lipinski definition) is 1. The number of nitrogens with zero attached hydrogens (tertiary/aromatic N) is 1. The van der Waals surface area contributed by atoms with Crippen LogP contribution in [-0.4, -0.2) is 54.4 Å². The lowest BCUT2D eigenvalue weighted by molar-refractivity contribution is -0.143. The highest BCUT2D eigenvalue weighted by atomic mass is 16.5. The zero-order valence-electron chi connectivity index (χ0n) is 34.7. The van der Waals surface area contributed by atoms with Gasteiger partial charge in [0.25, 0.3) is 0 Å². The molecule has 5 nitrogen and oxygen atoms in total. The van der Waals surface area contributed by atoms with Crippen LogP contribution in [0.25, 0.3) is 0 Å². The van der Waals surface area contributed by atoms with Gasteiger partial charge in [-0.2, -0.15) is 0 Å². The van der Waals surface area contributed by atoms with Crippen LogP contribution in [0.15, 0.2) is 12.3 Å². The monoisotopic (exact) mass is 720 g/mol. The molecule has 1 aliphatic heterocycles. The molecule has 2 atom stereocenters. The zero-order chi connectivity index (χ0) is 37.0. The topological polar surface area (TPSA) is 59.0 Å². The predicted octanol–water partition coefficient (Wildman–Crippen LogP) is 13.7. The molecule has 0 radical (unpaired) electrons. The molecule has 1 aliphatic rings. The summed E-state index contributed by atoms with van der Waals surface area (Å²) < 4.78 is 12.0. The molecule has 1 heterocycles. The molecular formula is C46H89NO4. The van der Waals surface area contributed by atoms with Crippen molar-refractivity contribution in [3.63, 3.8) is 0 Å². The number of allylic oxidation sites excluding steroid dienone is 1. The summed E-state index contributed by atoms with van der Waals surface area (Å²) in [5.41, 5.74) is 0. The molecule has 302 valence electrons. The quantitative estimate of drug-likeness (QED) is 0.0389. The number of aliphatic hydroxyl groups is 1. The number of aliphatic hydroxyl groups excluding tert-OH is 1. The number of likely N-dealkylation sites (tertiary alicyclic amines) is 1. The van der Waals surface area contributed by atoms with Crippen LogP contribution >= 0.6 is 0 Å². The molecule has 0 aromatic carbocycles. The number of carbonyl (C=O) groups excluding carboxylic acids is 1. The van der Waals surface area contributed by atoms with Crippen molar-refractivity contribution in [1.29, 1.82) is 0 Å². The molecule has 0 bridgehead atoms. The van der Waals surface area contributed by atoms with E-state index in [1.807, 2.05) is 0 Å². The highest BCUT2D eigenvalue weighted by Crippen LogP contribution is 2.31. The largest absolute Gasteiger partial charge is 0.495 e. The van der Waals surface area contributed by atoms with Crippen molar-refractivity contribution in [3.05, 3.63) is 12.3 Å². The maximum absolute atomic E-state index is 12.2. The number of ether oxygens (including phenoxy) is 2. The molecule has 0 aliphatic carbocycles. The molecule has 1 fully saturated rings. The first kappa shape index (κ1) is 48.0. The van der Waals surface area contributed by atoms with Crippen molar-refractivity contribution in [3.8, 4) is 0 Å². The van der Waals surface area contributed by atoms with Crippen molar-refractivity contribution >= 4 is 5.97 Å². The molecule has 5 heteroatoms.